The number of likely N-dealkylation sites (N-methyl/N-ethyl adjacent to an activating group) is 1. The molecule has 0 aromatic heterocycles. The molecule has 3 rings (SSSR count). The summed E-state index contributed by atoms with van der Waals surface area (Å²) < 4.78 is 66.8. The normalized spacial score (nSPS) is 43.1. The molecule has 3 heterocycles. The summed E-state index contributed by atoms with van der Waals surface area (Å²) in [7, 11) is 4.82. The van der Waals surface area contributed by atoms with Crippen LogP contribution in [0, 0.1) is 23.7 Å². The average molecular weight is 963 g/mol. The van der Waals surface area contributed by atoms with E-state index in [-0.39, 0.29) is 30.6 Å². The van der Waals surface area contributed by atoms with Crippen LogP contribution >= 0.6 is 0 Å². The highest BCUT2D eigenvalue weighted by Gasteiger charge is 2.55. The van der Waals surface area contributed by atoms with Crippen LogP contribution in [0.15, 0.2) is 4.99 Å². The molecule has 0 spiro atoms. The molecule has 3 aliphatic heterocycles. The Morgan fingerprint density at radius 1 is 0.815 bits per heavy atom. The molecule has 2 N–H and O–H groups in total. The van der Waals surface area contributed by atoms with Crippen molar-refractivity contribution in [1.29, 1.82) is 0 Å². The Balaban J connectivity index is 2.39. The van der Waals surface area contributed by atoms with Gasteiger partial charge in [-0.1, -0.05) is 27.7 Å². The molecule has 17 heteroatoms. The zero-order valence-electron chi connectivity index (χ0n) is 44.8. The predicted octanol–water partition coefficient (Wildman–Crippen LogP) is 7.41. The third-order valence-electron chi connectivity index (χ3n) is 14.1. The van der Waals surface area contributed by atoms with Gasteiger partial charge in [0.25, 0.3) is 0 Å². The van der Waals surface area contributed by atoms with Crippen LogP contribution < -0.4 is 0 Å². The lowest BCUT2D eigenvalue weighted by Crippen LogP contribution is -2.63. The fourth-order valence-corrected chi connectivity index (χ4v) is 12.6. The number of hydrogen-bond donors (Lipinski definition) is 2. The first-order valence-corrected chi connectivity index (χ1v) is 30.9. The number of rotatable bonds is 14. The largest absolute Gasteiger partial charge is 0.459 e. The number of esters is 1. The van der Waals surface area contributed by atoms with Crippen molar-refractivity contribution in [2.75, 3.05) is 35.4 Å². The second-order valence-electron chi connectivity index (χ2n) is 22.8. The number of hydrogen-bond acceptors (Lipinski definition) is 15. The fraction of sp³-hybridized carbons (Fsp3) is 0.958. The van der Waals surface area contributed by atoms with Crippen molar-refractivity contribution in [3.05, 3.63) is 0 Å². The van der Waals surface area contributed by atoms with Crippen LogP contribution in [0.2, 0.25) is 39.3 Å². The number of ether oxygens (including phenoxy) is 8. The molecule has 0 radical (unpaired) electrons. The number of methoxy groups -OCH3 is 3. The molecule has 0 bridgehead atoms. The van der Waals surface area contributed by atoms with E-state index in [0.717, 1.165) is 6.42 Å². The Labute approximate surface area is 395 Å². The highest BCUT2D eigenvalue weighted by Crippen LogP contribution is 2.43. The molecule has 0 unspecified atom stereocenters. The van der Waals surface area contributed by atoms with Gasteiger partial charge in [0, 0.05) is 51.3 Å². The van der Waals surface area contributed by atoms with E-state index in [1.54, 1.807) is 28.3 Å². The third-order valence-corrected chi connectivity index (χ3v) is 16.0. The van der Waals surface area contributed by atoms with Crippen LogP contribution in [0.4, 0.5) is 0 Å². The van der Waals surface area contributed by atoms with E-state index in [1.165, 1.54) is 6.92 Å². The maximum Gasteiger partial charge on any atom is 0.311 e. The molecule has 18 atom stereocenters. The SMILES string of the molecule is CC[C@H]1OC(=O)[C@H](C)[C@@H](O[C@H]2C[C@@](C)(OC)[C@@H](O[Si](C)(C)C)[C@H](C)O2)[C@H](C)[C@@H](O[C@@H]2O[C@H](C)C[C@H](N(C)C)[C@H]2O[Si](C)(C)C)[C@](C)(OC)C[C@@H](C)/C(=N/C(C)(C)OC)[C@H](C)[C@@H](O)[C@]1(C)O. The second kappa shape index (κ2) is 22.5. The molecule has 3 aliphatic rings. The Morgan fingerprint density at radius 2 is 1.37 bits per heavy atom. The summed E-state index contributed by atoms with van der Waals surface area (Å²) in [6, 6.07) is -0.0238. The topological polar surface area (TPSA) is 165 Å². The van der Waals surface area contributed by atoms with E-state index >= 15 is 0 Å². The van der Waals surface area contributed by atoms with Gasteiger partial charge in [0.05, 0.1) is 53.7 Å². The highest BCUT2D eigenvalue weighted by molar-refractivity contribution is 6.70. The Morgan fingerprint density at radius 3 is 1.86 bits per heavy atom. The zero-order valence-corrected chi connectivity index (χ0v) is 46.8. The fourth-order valence-electron chi connectivity index (χ4n) is 10.3. The van der Waals surface area contributed by atoms with Gasteiger partial charge in [-0.2, -0.15) is 0 Å². The van der Waals surface area contributed by atoms with Crippen molar-refractivity contribution in [1.82, 2.24) is 4.90 Å². The van der Waals surface area contributed by atoms with E-state index in [0.29, 0.717) is 18.6 Å². The molecule has 15 nitrogen and oxygen atoms in total. The first kappa shape index (κ1) is 58.4. The van der Waals surface area contributed by atoms with Gasteiger partial charge in [0.1, 0.15) is 17.8 Å². The van der Waals surface area contributed by atoms with E-state index in [4.69, 9.17) is 51.7 Å². The van der Waals surface area contributed by atoms with Gasteiger partial charge in [-0.25, -0.2) is 0 Å². The van der Waals surface area contributed by atoms with E-state index < -0.39 is 112 Å². The summed E-state index contributed by atoms with van der Waals surface area (Å²) in [5.74, 6) is -3.22. The van der Waals surface area contributed by atoms with Crippen molar-refractivity contribution in [3.63, 3.8) is 0 Å². The molecule has 3 saturated heterocycles. The summed E-state index contributed by atoms with van der Waals surface area (Å²) in [5, 5.41) is 24.4. The van der Waals surface area contributed by atoms with Crippen LogP contribution in [0.3, 0.4) is 0 Å². The Hall–Kier alpha value is -0.906. The molecular weight excluding hydrogens is 869 g/mol. The maximum absolute atomic E-state index is 14.8. The summed E-state index contributed by atoms with van der Waals surface area (Å²) in [4.78, 5) is 22.1. The van der Waals surface area contributed by atoms with Gasteiger partial charge in [-0.3, -0.25) is 9.79 Å². The van der Waals surface area contributed by atoms with E-state index in [2.05, 4.69) is 65.2 Å². The number of carbonyl (C=O) groups excluding carboxylic acids is 1. The smallest absolute Gasteiger partial charge is 0.311 e. The van der Waals surface area contributed by atoms with Gasteiger partial charge >= 0.3 is 5.97 Å². The number of aliphatic hydroxyl groups is 2. The van der Waals surface area contributed by atoms with Crippen molar-refractivity contribution < 1.29 is 61.8 Å². The van der Waals surface area contributed by atoms with Crippen molar-refractivity contribution in [2.24, 2.45) is 28.7 Å². The Bertz CT molecular complexity index is 1560. The molecule has 65 heavy (non-hydrogen) atoms. The first-order chi connectivity index (χ1) is 29.6. The standard InChI is InChI=1S/C48H94N2O13Si2/c1-24-35-48(12,53)40(51)30(4)37(49-45(8,9)54-15)28(2)26-46(10,55-16)41(61-44-39(62-64(18,19)20)34(50(13)14)25-29(3)57-44)31(5)38(32(6)43(52)59-35)60-36-27-47(11,56-17)42(33(7)58-36)63-65(21,22)23/h28-36,38-42,44,51,53H,24-27H2,1-23H3/b49-37-/t28-,29-,30+,31+,32-,33+,34+,35-,36+,38+,39-,40-,41-,42+,44+,46-,47-,48-/m1/s1. The van der Waals surface area contributed by atoms with Crippen LogP contribution in [-0.2, 0) is 51.5 Å². The lowest BCUT2D eigenvalue weighted by molar-refractivity contribution is -0.316. The second-order valence-corrected chi connectivity index (χ2v) is 31.7. The molecular formula is C48H94N2O13Si2. The van der Waals surface area contributed by atoms with Crippen molar-refractivity contribution in [2.45, 2.75) is 238 Å². The third kappa shape index (κ3) is 14.6. The summed E-state index contributed by atoms with van der Waals surface area (Å²) in [6.07, 6.45) is -5.66. The summed E-state index contributed by atoms with van der Waals surface area (Å²) in [6.45, 7) is 35.6. The van der Waals surface area contributed by atoms with Gasteiger partial charge in [-0.05, 0) is 134 Å². The molecule has 0 aromatic rings. The van der Waals surface area contributed by atoms with Crippen molar-refractivity contribution >= 4 is 28.3 Å². The lowest BCUT2D eigenvalue weighted by Gasteiger charge is -2.51. The molecule has 0 aliphatic carbocycles. The van der Waals surface area contributed by atoms with Gasteiger partial charge in [-0.15, -0.1) is 0 Å². The summed E-state index contributed by atoms with van der Waals surface area (Å²) in [5.41, 5.74) is -4.16. The summed E-state index contributed by atoms with van der Waals surface area (Å²) >= 11 is 0. The lowest BCUT2D eigenvalue weighted by atomic mass is 9.73. The minimum atomic E-state index is -2.18. The van der Waals surface area contributed by atoms with E-state index in [1.807, 2.05) is 62.3 Å². The van der Waals surface area contributed by atoms with Crippen LogP contribution in [0.1, 0.15) is 109 Å². The number of aliphatic hydroxyl groups excluding tert-OH is 1. The molecule has 3 fully saturated rings. The number of aliphatic imine (C=N–C) groups is 1. The number of nitrogens with zero attached hydrogens (tertiary/aromatic N) is 2. The minimum absolute atomic E-state index is 0.0238. The van der Waals surface area contributed by atoms with Gasteiger partial charge < -0.3 is 61.9 Å². The van der Waals surface area contributed by atoms with Crippen molar-refractivity contribution in [3.8, 4) is 0 Å². The van der Waals surface area contributed by atoms with Gasteiger partial charge in [0.15, 0.2) is 34.9 Å². The average Bonchev–Trinajstić information content (AvgIpc) is 3.19. The van der Waals surface area contributed by atoms with Crippen LogP contribution in [0.5, 0.6) is 0 Å². The highest BCUT2D eigenvalue weighted by atomic mass is 28.4. The molecule has 382 valence electrons. The quantitative estimate of drug-likeness (QED) is 0.131. The minimum Gasteiger partial charge on any atom is -0.459 e. The number of cyclic esters (lactones) is 1. The van der Waals surface area contributed by atoms with Gasteiger partial charge in [0.2, 0.25) is 0 Å². The molecule has 0 aromatic carbocycles. The van der Waals surface area contributed by atoms with E-state index in [9.17, 15) is 15.0 Å². The first-order valence-electron chi connectivity index (χ1n) is 24.1. The van der Waals surface area contributed by atoms with Crippen LogP contribution in [0.25, 0.3) is 0 Å². The van der Waals surface area contributed by atoms with Crippen LogP contribution in [-0.4, -0.2) is 169 Å². The molecule has 0 amide bonds. The Kier molecular flexibility index (Phi) is 20.2. The number of carbonyl (C=O) groups is 1. The maximum atomic E-state index is 14.8. The zero-order chi connectivity index (χ0) is 50.0. The molecule has 0 saturated carbocycles. The predicted molar refractivity (Wildman–Crippen MR) is 259 cm³/mol. The monoisotopic (exact) mass is 963 g/mol.